The number of hydrogen-bond donors (Lipinski definition) is 1. The van der Waals surface area contributed by atoms with E-state index in [1.807, 2.05) is 30.3 Å². The molecule has 2 rings (SSSR count). The second-order valence-corrected chi connectivity index (χ2v) is 3.60. The first-order valence-corrected chi connectivity index (χ1v) is 5.11. The average molecular weight is 214 g/mol. The SMILES string of the molecule is COc1ccc(N)c(Cc2ccncc2)c1. The zero-order valence-corrected chi connectivity index (χ0v) is 9.18. The van der Waals surface area contributed by atoms with Gasteiger partial charge in [-0.1, -0.05) is 0 Å². The number of aromatic nitrogens is 1. The highest BCUT2D eigenvalue weighted by molar-refractivity contribution is 5.52. The molecular formula is C13H14N2O. The summed E-state index contributed by atoms with van der Waals surface area (Å²) in [6.07, 6.45) is 4.36. The lowest BCUT2D eigenvalue weighted by Crippen LogP contribution is -1.97. The molecule has 0 bridgehead atoms. The summed E-state index contributed by atoms with van der Waals surface area (Å²) in [6.45, 7) is 0. The Balaban J connectivity index is 2.27. The molecule has 0 aliphatic rings. The fraction of sp³-hybridized carbons (Fsp3) is 0.154. The number of benzene rings is 1. The molecule has 2 aromatic rings. The summed E-state index contributed by atoms with van der Waals surface area (Å²) in [5.74, 6) is 0.832. The van der Waals surface area contributed by atoms with Crippen LogP contribution >= 0.6 is 0 Å². The zero-order valence-electron chi connectivity index (χ0n) is 9.18. The zero-order chi connectivity index (χ0) is 11.4. The van der Waals surface area contributed by atoms with Crippen molar-refractivity contribution in [2.24, 2.45) is 0 Å². The molecule has 82 valence electrons. The molecule has 0 aliphatic heterocycles. The Kier molecular flexibility index (Phi) is 3.05. The van der Waals surface area contributed by atoms with Crippen molar-refractivity contribution in [2.45, 2.75) is 6.42 Å². The van der Waals surface area contributed by atoms with Crippen molar-refractivity contribution in [3.8, 4) is 5.75 Å². The van der Waals surface area contributed by atoms with E-state index in [2.05, 4.69) is 4.98 Å². The number of nitrogen functional groups attached to an aromatic ring is 1. The van der Waals surface area contributed by atoms with Gasteiger partial charge in [0, 0.05) is 18.1 Å². The van der Waals surface area contributed by atoms with Crippen molar-refractivity contribution in [3.63, 3.8) is 0 Å². The van der Waals surface area contributed by atoms with E-state index < -0.39 is 0 Å². The summed E-state index contributed by atoms with van der Waals surface area (Å²) in [4.78, 5) is 3.99. The Morgan fingerprint density at radius 2 is 1.94 bits per heavy atom. The molecule has 3 nitrogen and oxygen atoms in total. The van der Waals surface area contributed by atoms with Crippen LogP contribution in [0, 0.1) is 0 Å². The van der Waals surface area contributed by atoms with Gasteiger partial charge >= 0.3 is 0 Å². The van der Waals surface area contributed by atoms with Crippen LogP contribution in [0.2, 0.25) is 0 Å². The Morgan fingerprint density at radius 1 is 1.19 bits per heavy atom. The fourth-order valence-electron chi connectivity index (χ4n) is 1.58. The summed E-state index contributed by atoms with van der Waals surface area (Å²) >= 11 is 0. The normalized spacial score (nSPS) is 10.1. The molecule has 3 heteroatoms. The minimum atomic E-state index is 0.789. The number of pyridine rings is 1. The van der Waals surface area contributed by atoms with E-state index in [9.17, 15) is 0 Å². The van der Waals surface area contributed by atoms with Crippen LogP contribution < -0.4 is 10.5 Å². The number of methoxy groups -OCH3 is 1. The molecule has 1 heterocycles. The van der Waals surface area contributed by atoms with E-state index in [0.29, 0.717) is 0 Å². The molecule has 0 fully saturated rings. The minimum absolute atomic E-state index is 0.789. The molecule has 0 radical (unpaired) electrons. The number of hydrogen-bond acceptors (Lipinski definition) is 3. The van der Waals surface area contributed by atoms with Gasteiger partial charge in [-0.15, -0.1) is 0 Å². The highest BCUT2D eigenvalue weighted by Crippen LogP contribution is 2.21. The van der Waals surface area contributed by atoms with Crippen LogP contribution in [0.15, 0.2) is 42.7 Å². The van der Waals surface area contributed by atoms with Gasteiger partial charge in [0.2, 0.25) is 0 Å². The van der Waals surface area contributed by atoms with Crippen LogP contribution in [-0.2, 0) is 6.42 Å². The van der Waals surface area contributed by atoms with Gasteiger partial charge in [0.05, 0.1) is 7.11 Å². The third-order valence-electron chi connectivity index (χ3n) is 2.49. The molecule has 1 aromatic heterocycles. The third-order valence-corrected chi connectivity index (χ3v) is 2.49. The van der Waals surface area contributed by atoms with Crippen LogP contribution in [0.5, 0.6) is 5.75 Å². The van der Waals surface area contributed by atoms with Gasteiger partial charge < -0.3 is 10.5 Å². The molecule has 2 N–H and O–H groups in total. The van der Waals surface area contributed by atoms with Crippen molar-refractivity contribution in [2.75, 3.05) is 12.8 Å². The van der Waals surface area contributed by atoms with Crippen molar-refractivity contribution in [1.29, 1.82) is 0 Å². The van der Waals surface area contributed by atoms with E-state index in [4.69, 9.17) is 10.5 Å². The standard InChI is InChI=1S/C13H14N2O/c1-16-12-2-3-13(14)11(9-12)8-10-4-6-15-7-5-10/h2-7,9H,8,14H2,1H3. The van der Waals surface area contributed by atoms with Gasteiger partial charge in [-0.2, -0.15) is 0 Å². The second-order valence-electron chi connectivity index (χ2n) is 3.60. The van der Waals surface area contributed by atoms with Gasteiger partial charge in [0.25, 0.3) is 0 Å². The van der Waals surface area contributed by atoms with E-state index in [-0.39, 0.29) is 0 Å². The summed E-state index contributed by atoms with van der Waals surface area (Å²) in [5.41, 5.74) is 8.97. The highest BCUT2D eigenvalue weighted by Gasteiger charge is 2.02. The van der Waals surface area contributed by atoms with Crippen LogP contribution in [0.1, 0.15) is 11.1 Å². The van der Waals surface area contributed by atoms with Crippen molar-refractivity contribution < 1.29 is 4.74 Å². The monoisotopic (exact) mass is 214 g/mol. The Hall–Kier alpha value is -2.03. The first kappa shape index (κ1) is 10.5. The smallest absolute Gasteiger partial charge is 0.119 e. The van der Waals surface area contributed by atoms with E-state index in [1.54, 1.807) is 19.5 Å². The van der Waals surface area contributed by atoms with Crippen LogP contribution in [-0.4, -0.2) is 12.1 Å². The van der Waals surface area contributed by atoms with Gasteiger partial charge in [-0.05, 0) is 47.9 Å². The van der Waals surface area contributed by atoms with Gasteiger partial charge in [-0.25, -0.2) is 0 Å². The number of anilines is 1. The molecule has 0 aliphatic carbocycles. The minimum Gasteiger partial charge on any atom is -0.497 e. The predicted octanol–water partition coefficient (Wildman–Crippen LogP) is 2.26. The maximum atomic E-state index is 5.92. The van der Waals surface area contributed by atoms with E-state index in [1.165, 1.54) is 5.56 Å². The molecule has 0 spiro atoms. The fourth-order valence-corrected chi connectivity index (χ4v) is 1.58. The predicted molar refractivity (Wildman–Crippen MR) is 64.4 cm³/mol. The molecule has 0 unspecified atom stereocenters. The van der Waals surface area contributed by atoms with Crippen LogP contribution in [0.25, 0.3) is 0 Å². The van der Waals surface area contributed by atoms with E-state index >= 15 is 0 Å². The quantitative estimate of drug-likeness (QED) is 0.797. The highest BCUT2D eigenvalue weighted by atomic mass is 16.5. The number of ether oxygens (including phenoxy) is 1. The number of nitrogens with zero attached hydrogens (tertiary/aromatic N) is 1. The maximum absolute atomic E-state index is 5.92. The molecule has 0 amide bonds. The summed E-state index contributed by atoms with van der Waals surface area (Å²) in [6, 6.07) is 9.67. The van der Waals surface area contributed by atoms with Gasteiger partial charge in [0.1, 0.15) is 5.75 Å². The molecular weight excluding hydrogens is 200 g/mol. The van der Waals surface area contributed by atoms with Crippen molar-refractivity contribution in [1.82, 2.24) is 4.98 Å². The Bertz CT molecular complexity index is 469. The van der Waals surface area contributed by atoms with Crippen LogP contribution in [0.4, 0.5) is 5.69 Å². The number of rotatable bonds is 3. The first-order chi connectivity index (χ1) is 7.79. The Labute approximate surface area is 94.9 Å². The third kappa shape index (κ3) is 2.31. The lowest BCUT2D eigenvalue weighted by Gasteiger charge is -2.08. The largest absolute Gasteiger partial charge is 0.497 e. The van der Waals surface area contributed by atoms with Gasteiger partial charge in [0.15, 0.2) is 0 Å². The van der Waals surface area contributed by atoms with E-state index in [0.717, 1.165) is 23.4 Å². The van der Waals surface area contributed by atoms with Crippen molar-refractivity contribution >= 4 is 5.69 Å². The molecule has 1 aromatic carbocycles. The maximum Gasteiger partial charge on any atom is 0.119 e. The van der Waals surface area contributed by atoms with Crippen molar-refractivity contribution in [3.05, 3.63) is 53.9 Å². The summed E-state index contributed by atoms with van der Waals surface area (Å²) < 4.78 is 5.18. The lowest BCUT2D eigenvalue weighted by atomic mass is 10.0. The van der Waals surface area contributed by atoms with Crippen LogP contribution in [0.3, 0.4) is 0 Å². The lowest BCUT2D eigenvalue weighted by molar-refractivity contribution is 0.414. The molecule has 16 heavy (non-hydrogen) atoms. The second kappa shape index (κ2) is 4.66. The number of nitrogens with two attached hydrogens (primary N) is 1. The van der Waals surface area contributed by atoms with Gasteiger partial charge in [-0.3, -0.25) is 4.98 Å². The molecule has 0 saturated heterocycles. The first-order valence-electron chi connectivity index (χ1n) is 5.11. The topological polar surface area (TPSA) is 48.1 Å². The summed E-state index contributed by atoms with van der Waals surface area (Å²) in [5, 5.41) is 0. The average Bonchev–Trinajstić information content (AvgIpc) is 2.33. The molecule has 0 atom stereocenters. The Morgan fingerprint density at radius 3 is 2.62 bits per heavy atom. The molecule has 0 saturated carbocycles. The summed E-state index contributed by atoms with van der Waals surface area (Å²) in [7, 11) is 1.65.